The number of benzene rings is 12. The van der Waals surface area contributed by atoms with Gasteiger partial charge in [-0.1, -0.05) is 235 Å². The first-order valence-electron chi connectivity index (χ1n) is 23.8. The van der Waals surface area contributed by atoms with E-state index in [0.717, 1.165) is 0 Å². The fourth-order valence-corrected chi connectivity index (χ4v) is 11.6. The van der Waals surface area contributed by atoms with E-state index < -0.39 is 0 Å². The van der Waals surface area contributed by atoms with Crippen LogP contribution in [0.15, 0.2) is 212 Å². The molecule has 0 atom stereocenters. The molecule has 0 N–H and O–H groups in total. The minimum atomic E-state index is -0.149. The van der Waals surface area contributed by atoms with E-state index in [2.05, 4.69) is 247 Å². The van der Waals surface area contributed by atoms with Crippen LogP contribution in [0.4, 0.5) is 0 Å². The lowest BCUT2D eigenvalue weighted by Crippen LogP contribution is -2.15. The topological polar surface area (TPSA) is 0 Å². The van der Waals surface area contributed by atoms with Crippen molar-refractivity contribution in [2.24, 2.45) is 0 Å². The van der Waals surface area contributed by atoms with Crippen molar-refractivity contribution in [2.45, 2.75) is 45.4 Å². The van der Waals surface area contributed by atoms with Crippen LogP contribution in [0.2, 0.25) is 0 Å². The lowest BCUT2D eigenvalue weighted by atomic mass is 9.80. The molecule has 0 aromatic heterocycles. The fraction of sp³-hybridized carbons (Fsp3) is 0.104. The molecular formula is C67H50. The second-order valence-electron chi connectivity index (χ2n) is 20.4. The van der Waals surface area contributed by atoms with Crippen molar-refractivity contribution in [3.63, 3.8) is 0 Å². The third-order valence-corrected chi connectivity index (χ3v) is 15.2. The van der Waals surface area contributed by atoms with Crippen molar-refractivity contribution < 1.29 is 0 Å². The molecule has 0 saturated heterocycles. The molecule has 0 amide bonds. The molecule has 0 saturated carbocycles. The Bertz CT molecular complexity index is 3860. The molecule has 0 radical (unpaired) electrons. The van der Waals surface area contributed by atoms with Gasteiger partial charge in [0.1, 0.15) is 0 Å². The molecule has 0 spiro atoms. The molecule has 0 heterocycles. The highest BCUT2D eigenvalue weighted by Crippen LogP contribution is 2.51. The second-order valence-corrected chi connectivity index (χ2v) is 20.4. The van der Waals surface area contributed by atoms with E-state index in [4.69, 9.17) is 0 Å². The molecule has 0 aliphatic heterocycles. The van der Waals surface area contributed by atoms with Crippen molar-refractivity contribution in [3.8, 4) is 66.8 Å². The Labute approximate surface area is 393 Å². The summed E-state index contributed by atoms with van der Waals surface area (Å²) in [7, 11) is 0. The zero-order valence-electron chi connectivity index (χ0n) is 38.7. The van der Waals surface area contributed by atoms with Crippen LogP contribution in [0, 0.1) is 0 Å². The van der Waals surface area contributed by atoms with Gasteiger partial charge in [0.2, 0.25) is 0 Å². The number of hydrogen-bond acceptors (Lipinski definition) is 0. The molecular weight excluding hydrogens is 805 g/mol. The number of rotatable bonds is 5. The molecule has 67 heavy (non-hydrogen) atoms. The molecule has 12 aromatic carbocycles. The van der Waals surface area contributed by atoms with Crippen LogP contribution >= 0.6 is 0 Å². The summed E-state index contributed by atoms with van der Waals surface area (Å²) in [4.78, 5) is 0. The van der Waals surface area contributed by atoms with Crippen molar-refractivity contribution in [1.29, 1.82) is 0 Å². The lowest BCUT2D eigenvalue weighted by molar-refractivity contribution is 0.591. The molecule has 0 heteroatoms. The van der Waals surface area contributed by atoms with Crippen molar-refractivity contribution >= 4 is 53.9 Å². The van der Waals surface area contributed by atoms with Gasteiger partial charge in [-0.3, -0.25) is 0 Å². The molecule has 12 aromatic rings. The van der Waals surface area contributed by atoms with Gasteiger partial charge in [-0.2, -0.15) is 0 Å². The molecule has 0 nitrogen and oxygen atoms in total. The highest BCUT2D eigenvalue weighted by molar-refractivity contribution is 6.26. The van der Waals surface area contributed by atoms with Gasteiger partial charge in [-0.15, -0.1) is 0 Å². The van der Waals surface area contributed by atoms with Crippen molar-refractivity contribution in [3.05, 3.63) is 229 Å². The minimum Gasteiger partial charge on any atom is -0.0622 e. The number of hydrogen-bond donors (Lipinski definition) is 0. The summed E-state index contributed by atoms with van der Waals surface area (Å²) in [6.07, 6.45) is 0. The van der Waals surface area contributed by atoms with E-state index in [1.807, 2.05) is 0 Å². The van der Waals surface area contributed by atoms with Crippen LogP contribution in [0.25, 0.3) is 121 Å². The average Bonchev–Trinajstić information content (AvgIpc) is 3.59. The Morgan fingerprint density at radius 2 is 0.701 bits per heavy atom. The molecule has 1 aliphatic rings. The van der Waals surface area contributed by atoms with Crippen molar-refractivity contribution in [2.75, 3.05) is 0 Å². The van der Waals surface area contributed by atoms with Crippen LogP contribution in [0.1, 0.15) is 51.3 Å². The van der Waals surface area contributed by atoms with Crippen LogP contribution in [-0.4, -0.2) is 0 Å². The largest absolute Gasteiger partial charge is 0.0622 e. The monoisotopic (exact) mass is 854 g/mol. The minimum absolute atomic E-state index is 0.0967. The molecule has 13 rings (SSSR count). The Hall–Kier alpha value is -7.80. The van der Waals surface area contributed by atoms with E-state index in [1.54, 1.807) is 0 Å². The third-order valence-electron chi connectivity index (χ3n) is 15.2. The van der Waals surface area contributed by atoms with Gasteiger partial charge in [-0.05, 0) is 155 Å². The zero-order chi connectivity index (χ0) is 45.2. The maximum Gasteiger partial charge on any atom is 0.0159 e. The fourth-order valence-electron chi connectivity index (χ4n) is 11.6. The molecule has 318 valence electrons. The summed E-state index contributed by atoms with van der Waals surface area (Å²) in [5.74, 6) is 0. The summed E-state index contributed by atoms with van der Waals surface area (Å²) in [5, 5.41) is 13.1. The highest BCUT2D eigenvalue weighted by Gasteiger charge is 2.36. The zero-order valence-corrected chi connectivity index (χ0v) is 38.7. The molecule has 0 bridgehead atoms. The molecule has 1 aliphatic carbocycles. The second kappa shape index (κ2) is 14.6. The van der Waals surface area contributed by atoms with Gasteiger partial charge in [0.15, 0.2) is 0 Å². The highest BCUT2D eigenvalue weighted by atomic mass is 14.4. The normalized spacial score (nSPS) is 13.3. The quantitative estimate of drug-likeness (QED) is 0.120. The van der Waals surface area contributed by atoms with Crippen molar-refractivity contribution in [1.82, 2.24) is 0 Å². The first-order valence-corrected chi connectivity index (χ1v) is 23.8. The summed E-state index contributed by atoms with van der Waals surface area (Å²) in [5.41, 5.74) is 19.3. The van der Waals surface area contributed by atoms with Gasteiger partial charge < -0.3 is 0 Å². The van der Waals surface area contributed by atoms with Crippen LogP contribution < -0.4 is 0 Å². The third kappa shape index (κ3) is 6.13. The Morgan fingerprint density at radius 3 is 1.22 bits per heavy atom. The van der Waals surface area contributed by atoms with Crippen LogP contribution in [0.5, 0.6) is 0 Å². The number of fused-ring (bicyclic) bond motifs is 5. The van der Waals surface area contributed by atoms with Crippen LogP contribution in [0.3, 0.4) is 0 Å². The first kappa shape index (κ1) is 39.6. The molecule has 0 unspecified atom stereocenters. The van der Waals surface area contributed by atoms with E-state index in [1.165, 1.54) is 137 Å². The first-order chi connectivity index (χ1) is 32.6. The lowest BCUT2D eigenvalue weighted by Gasteiger charge is -2.23. The van der Waals surface area contributed by atoms with Gasteiger partial charge >= 0.3 is 0 Å². The van der Waals surface area contributed by atoms with Gasteiger partial charge in [-0.25, -0.2) is 0 Å². The summed E-state index contributed by atoms with van der Waals surface area (Å²) in [6, 6.07) is 80.0. The summed E-state index contributed by atoms with van der Waals surface area (Å²) < 4.78 is 0. The van der Waals surface area contributed by atoms with Crippen LogP contribution in [-0.2, 0) is 10.8 Å². The SMILES string of the molecule is CC(C)(C)c1cc2ccc3ccc(-c4ccc(-c5ccc6c(c5)C(C)(C)c5cc(-c7ccc(-c8c9ccccc9c(-c9ccccc9)c9ccccc89)cc7)ccc5-6)cc4)c4ccc(c1)c2c34. The maximum absolute atomic E-state index is 2.44. The van der Waals surface area contributed by atoms with E-state index in [0.29, 0.717) is 0 Å². The predicted molar refractivity (Wildman–Crippen MR) is 289 cm³/mol. The Balaban J connectivity index is 0.814. The maximum atomic E-state index is 2.44. The van der Waals surface area contributed by atoms with E-state index in [9.17, 15) is 0 Å². The van der Waals surface area contributed by atoms with E-state index >= 15 is 0 Å². The average molecular weight is 855 g/mol. The van der Waals surface area contributed by atoms with E-state index in [-0.39, 0.29) is 10.8 Å². The standard InChI is InChI=1S/C67H50/c1-66(2,3)51-37-49-28-27-46-29-33-52(59-36-32-50(38-51)62(49)65(46)59)43-23-19-41(20-24-43)47-30-34-53-54-35-31-48(40-61(54)67(4,5)60(53)39-47)42-21-25-45(26-22-42)64-57-17-11-9-15-55(57)63(44-13-7-6-8-14-44)56-16-10-12-18-58(56)64/h6-40H,1-5H3. The summed E-state index contributed by atoms with van der Waals surface area (Å²) >= 11 is 0. The Morgan fingerprint density at radius 1 is 0.299 bits per heavy atom. The predicted octanol–water partition coefficient (Wildman–Crippen LogP) is 18.8. The van der Waals surface area contributed by atoms with Gasteiger partial charge in [0, 0.05) is 5.41 Å². The smallest absolute Gasteiger partial charge is 0.0159 e. The summed E-state index contributed by atoms with van der Waals surface area (Å²) in [6.45, 7) is 11.7. The van der Waals surface area contributed by atoms with Gasteiger partial charge in [0.25, 0.3) is 0 Å². The molecule has 0 fully saturated rings. The van der Waals surface area contributed by atoms with Gasteiger partial charge in [0.05, 0.1) is 0 Å². The Kier molecular flexibility index (Phi) is 8.62.